The zero-order chi connectivity index (χ0) is 26.7. The number of benzene rings is 3. The maximum Gasteiger partial charge on any atom is 0.416 e. The molecular weight excluding hydrogens is 493 g/mol. The number of nitrogens with one attached hydrogen (secondary N) is 1. The first-order chi connectivity index (χ1) is 16.8. The Balaban J connectivity index is 1.97. The number of aliphatic hydroxyl groups excluding tert-OH is 1. The van der Waals surface area contributed by atoms with Crippen molar-refractivity contribution in [2.45, 2.75) is 24.5 Å². The molecule has 0 saturated carbocycles. The van der Waals surface area contributed by atoms with Crippen molar-refractivity contribution in [3.63, 3.8) is 0 Å². The summed E-state index contributed by atoms with van der Waals surface area (Å²) in [6, 6.07) is 13.4. The fraction of sp³-hybridized carbons (Fsp3) is 0.280. The Morgan fingerprint density at radius 3 is 2.11 bits per heavy atom. The van der Waals surface area contributed by atoms with Crippen molar-refractivity contribution in [3.8, 4) is 11.5 Å². The number of halogens is 7. The van der Waals surface area contributed by atoms with Crippen LogP contribution in [0.25, 0.3) is 0 Å². The molecule has 3 aromatic carbocycles. The normalized spacial score (nSPS) is 13.8. The Hall–Kier alpha value is -3.31. The Kier molecular flexibility index (Phi) is 8.15. The monoisotopic (exact) mass is 516 g/mol. The Bertz CT molecular complexity index is 1180. The van der Waals surface area contributed by atoms with Gasteiger partial charge in [-0.15, -0.1) is 0 Å². The van der Waals surface area contributed by atoms with Crippen LogP contribution < -0.4 is 15.0 Å². The lowest BCUT2D eigenvalue weighted by molar-refractivity contribution is -0.202. The second-order valence-electron chi connectivity index (χ2n) is 8.20. The van der Waals surface area contributed by atoms with E-state index >= 15 is 0 Å². The van der Waals surface area contributed by atoms with E-state index < -0.39 is 42.4 Å². The van der Waals surface area contributed by atoms with Gasteiger partial charge >= 0.3 is 12.4 Å². The topological polar surface area (TPSA) is 44.7 Å². The molecule has 0 fully saturated rings. The van der Waals surface area contributed by atoms with Crippen molar-refractivity contribution in [3.05, 3.63) is 89.2 Å². The van der Waals surface area contributed by atoms with Gasteiger partial charge in [0.05, 0.1) is 11.6 Å². The molecule has 2 unspecified atom stereocenters. The summed E-state index contributed by atoms with van der Waals surface area (Å²) in [6.07, 6.45) is -12.5. The number of alkyl halides is 6. The molecule has 0 bridgehead atoms. The number of aliphatic hydroxyl groups is 1. The zero-order valence-electron chi connectivity index (χ0n) is 19.2. The molecule has 0 radical (unpaired) electrons. The van der Waals surface area contributed by atoms with Crippen LogP contribution in [0.2, 0.25) is 0 Å². The molecule has 0 heterocycles. The number of hydrogen-bond donors (Lipinski definition) is 2. The van der Waals surface area contributed by atoms with E-state index in [-0.39, 0.29) is 22.9 Å². The quantitative estimate of drug-likeness (QED) is 0.345. The minimum Gasteiger partial charge on any atom is -0.457 e. The van der Waals surface area contributed by atoms with Crippen molar-refractivity contribution in [2.75, 3.05) is 25.5 Å². The van der Waals surface area contributed by atoms with Gasteiger partial charge in [0.25, 0.3) is 0 Å². The molecule has 0 aromatic heterocycles. The van der Waals surface area contributed by atoms with E-state index in [1.807, 2.05) is 25.1 Å². The third kappa shape index (κ3) is 6.88. The SMILES string of the molecule is CN(C)c1cccc(Oc2cccc(C(NCC(O)C(F)(F)F)c3ccc(C(F)(F)F)cc3F)c2)c1. The molecule has 194 valence electrons. The van der Waals surface area contributed by atoms with Gasteiger partial charge in [-0.2, -0.15) is 26.3 Å². The fourth-order valence-corrected chi connectivity index (χ4v) is 3.41. The minimum absolute atomic E-state index is 0.212. The van der Waals surface area contributed by atoms with Crippen LogP contribution in [0.1, 0.15) is 22.7 Å². The van der Waals surface area contributed by atoms with E-state index in [9.17, 15) is 35.8 Å². The van der Waals surface area contributed by atoms with Crippen molar-refractivity contribution in [1.29, 1.82) is 0 Å². The Morgan fingerprint density at radius 2 is 1.53 bits per heavy atom. The van der Waals surface area contributed by atoms with Crippen LogP contribution in [0.4, 0.5) is 36.4 Å². The van der Waals surface area contributed by atoms with Gasteiger partial charge in [-0.25, -0.2) is 4.39 Å². The smallest absolute Gasteiger partial charge is 0.416 e. The standard InChI is InChI=1S/C25H23F7N2O2/c1-34(2)17-6-4-8-19(13-17)36-18-7-3-5-15(11-18)23(33-14-22(35)25(30,31)32)20-10-9-16(12-21(20)26)24(27,28)29/h3-13,22-23,33,35H,14H2,1-2H3. The van der Waals surface area contributed by atoms with Crippen LogP contribution in [-0.4, -0.2) is 38.0 Å². The number of hydrogen-bond acceptors (Lipinski definition) is 4. The average Bonchev–Trinajstić information content (AvgIpc) is 2.79. The van der Waals surface area contributed by atoms with Crippen LogP contribution in [0.5, 0.6) is 11.5 Å². The molecule has 3 aromatic rings. The third-order valence-corrected chi connectivity index (χ3v) is 5.29. The van der Waals surface area contributed by atoms with Crippen molar-refractivity contribution >= 4 is 5.69 Å². The number of nitrogens with zero attached hydrogens (tertiary/aromatic N) is 1. The molecule has 2 N–H and O–H groups in total. The zero-order valence-corrected chi connectivity index (χ0v) is 19.2. The van der Waals surface area contributed by atoms with Crippen LogP contribution in [0.15, 0.2) is 66.7 Å². The van der Waals surface area contributed by atoms with Gasteiger partial charge in [-0.3, -0.25) is 0 Å². The highest BCUT2D eigenvalue weighted by Gasteiger charge is 2.38. The first-order valence-corrected chi connectivity index (χ1v) is 10.7. The highest BCUT2D eigenvalue weighted by molar-refractivity contribution is 5.50. The molecule has 0 spiro atoms. The summed E-state index contributed by atoms with van der Waals surface area (Å²) in [5.41, 5.74) is -0.514. The molecular formula is C25H23F7N2O2. The summed E-state index contributed by atoms with van der Waals surface area (Å²) in [5.74, 6) is -0.552. The molecule has 36 heavy (non-hydrogen) atoms. The minimum atomic E-state index is -4.95. The first-order valence-electron chi connectivity index (χ1n) is 10.7. The molecule has 0 aliphatic carbocycles. The van der Waals surface area contributed by atoms with Crippen LogP contribution in [-0.2, 0) is 6.18 Å². The summed E-state index contributed by atoms with van der Waals surface area (Å²) < 4.78 is 98.1. The van der Waals surface area contributed by atoms with E-state index in [2.05, 4.69) is 5.32 Å². The maximum atomic E-state index is 14.8. The average molecular weight is 516 g/mol. The maximum absolute atomic E-state index is 14.8. The van der Waals surface area contributed by atoms with Crippen LogP contribution >= 0.6 is 0 Å². The summed E-state index contributed by atoms with van der Waals surface area (Å²) in [5, 5.41) is 11.8. The van der Waals surface area contributed by atoms with E-state index in [4.69, 9.17) is 4.74 Å². The fourth-order valence-electron chi connectivity index (χ4n) is 3.41. The lowest BCUT2D eigenvalue weighted by Crippen LogP contribution is -2.40. The molecule has 0 aliphatic rings. The van der Waals surface area contributed by atoms with E-state index in [1.54, 1.807) is 24.3 Å². The summed E-state index contributed by atoms with van der Waals surface area (Å²) in [4.78, 5) is 1.85. The lowest BCUT2D eigenvalue weighted by Gasteiger charge is -2.24. The van der Waals surface area contributed by atoms with Gasteiger partial charge in [0, 0.05) is 38.0 Å². The van der Waals surface area contributed by atoms with Gasteiger partial charge in [-0.05, 0) is 42.0 Å². The molecule has 2 atom stereocenters. The predicted octanol–water partition coefficient (Wildman–Crippen LogP) is 6.31. The van der Waals surface area contributed by atoms with Gasteiger partial charge in [0.15, 0.2) is 6.10 Å². The molecule has 11 heteroatoms. The van der Waals surface area contributed by atoms with Crippen molar-refractivity contribution in [1.82, 2.24) is 5.32 Å². The highest BCUT2D eigenvalue weighted by atomic mass is 19.4. The summed E-state index contributed by atoms with van der Waals surface area (Å²) in [7, 11) is 3.67. The van der Waals surface area contributed by atoms with E-state index in [1.165, 1.54) is 18.2 Å². The molecule has 0 amide bonds. The van der Waals surface area contributed by atoms with E-state index in [0.717, 1.165) is 11.8 Å². The number of anilines is 1. The molecule has 4 nitrogen and oxygen atoms in total. The first kappa shape index (κ1) is 27.3. The van der Waals surface area contributed by atoms with Gasteiger partial charge in [0.1, 0.15) is 17.3 Å². The third-order valence-electron chi connectivity index (χ3n) is 5.29. The Labute approximate surface area is 202 Å². The summed E-state index contributed by atoms with van der Waals surface area (Å²) in [6.45, 7) is -1.02. The van der Waals surface area contributed by atoms with Crippen LogP contribution in [0, 0.1) is 5.82 Å². The van der Waals surface area contributed by atoms with Crippen LogP contribution in [0.3, 0.4) is 0 Å². The van der Waals surface area contributed by atoms with Gasteiger partial charge < -0.3 is 20.1 Å². The van der Waals surface area contributed by atoms with Gasteiger partial charge in [-0.1, -0.05) is 24.3 Å². The number of rotatable bonds is 8. The molecule has 0 saturated heterocycles. The lowest BCUT2D eigenvalue weighted by atomic mass is 9.96. The van der Waals surface area contributed by atoms with Crippen molar-refractivity contribution < 1.29 is 40.6 Å². The predicted molar refractivity (Wildman–Crippen MR) is 121 cm³/mol. The molecule has 0 aliphatic heterocycles. The number of ether oxygens (including phenoxy) is 1. The van der Waals surface area contributed by atoms with Gasteiger partial charge in [0.2, 0.25) is 0 Å². The summed E-state index contributed by atoms with van der Waals surface area (Å²) >= 11 is 0. The largest absolute Gasteiger partial charge is 0.457 e. The van der Waals surface area contributed by atoms with E-state index in [0.29, 0.717) is 11.8 Å². The molecule has 3 rings (SSSR count). The second-order valence-corrected chi connectivity index (χ2v) is 8.20. The van der Waals surface area contributed by atoms with Crippen molar-refractivity contribution in [2.24, 2.45) is 0 Å². The second kappa shape index (κ2) is 10.8. The Morgan fingerprint density at radius 1 is 0.889 bits per heavy atom. The highest BCUT2D eigenvalue weighted by Crippen LogP contribution is 2.34.